The molecule has 0 N–H and O–H groups in total. The van der Waals surface area contributed by atoms with E-state index in [2.05, 4.69) is 16.7 Å². The molecule has 0 fully saturated rings. The second-order valence-corrected chi connectivity index (χ2v) is 13.8. The molecule has 0 bridgehead atoms. The Labute approximate surface area is 350 Å². The summed E-state index contributed by atoms with van der Waals surface area (Å²) in [6, 6.07) is 16.2. The van der Waals surface area contributed by atoms with Crippen molar-refractivity contribution in [2.75, 3.05) is 0 Å². The van der Waals surface area contributed by atoms with Crippen LogP contribution in [0.4, 0.5) is 87.8 Å². The monoisotopic (exact) mass is 941 g/mol. The van der Waals surface area contributed by atoms with Gasteiger partial charge in [-0.1, -0.05) is 26.0 Å². The number of fused-ring (bicyclic) bond motifs is 1. The van der Waals surface area contributed by atoms with E-state index in [0.717, 1.165) is 16.5 Å². The van der Waals surface area contributed by atoms with E-state index in [1.807, 2.05) is 56.4 Å². The van der Waals surface area contributed by atoms with Crippen LogP contribution in [0.15, 0.2) is 53.7 Å². The van der Waals surface area contributed by atoms with E-state index in [1.165, 1.54) is 0 Å². The number of hydrogen-bond acceptors (Lipinski definition) is 2. The van der Waals surface area contributed by atoms with Gasteiger partial charge in [0.25, 0.3) is 0 Å². The summed E-state index contributed by atoms with van der Waals surface area (Å²) in [7, 11) is 0. The average molecular weight is 941 g/mol. The molecule has 0 aliphatic rings. The van der Waals surface area contributed by atoms with Crippen LogP contribution in [0, 0.1) is 145 Å². The van der Waals surface area contributed by atoms with Gasteiger partial charge in [-0.05, 0) is 18.1 Å². The molecular weight excluding hydrogens is 925 g/mol. The Kier molecular flexibility index (Phi) is 13.7. The normalized spacial score (nSPS) is 11.4. The molecule has 0 amide bonds. The lowest BCUT2D eigenvalue weighted by molar-refractivity contribution is -0.663. The highest BCUT2D eigenvalue weighted by molar-refractivity contribution is 7.20. The van der Waals surface area contributed by atoms with E-state index in [9.17, 15) is 52.7 Å². The Morgan fingerprint density at radius 2 is 0.692 bits per heavy atom. The third kappa shape index (κ3) is 7.63. The van der Waals surface area contributed by atoms with Crippen LogP contribution in [-0.2, 0) is 6.54 Å². The fourth-order valence-corrected chi connectivity index (χ4v) is 7.14. The Balaban J connectivity index is 0.000000330. The summed E-state index contributed by atoms with van der Waals surface area (Å²) >= 11 is 0. The van der Waals surface area contributed by atoms with Crippen LogP contribution in [0.5, 0.6) is 0 Å². The van der Waals surface area contributed by atoms with Gasteiger partial charge in [0.05, 0.1) is 0 Å². The van der Waals surface area contributed by atoms with Gasteiger partial charge in [0.1, 0.15) is 70.4 Å². The minimum absolute atomic E-state index is 0.163. The lowest BCUT2D eigenvalue weighted by Gasteiger charge is -2.44. The summed E-state index contributed by atoms with van der Waals surface area (Å²) in [5.41, 5.74) is -12.1. The SMILES string of the molecule is CC(C)C(C[n+]1cccc2ccccc21)=C(C#N)C#N.Fc1c(F)c(F)c([B-](c2c(F)c(F)c(F)c(F)c2F)(c2c(F)c(F)c(F)c(F)c2F)c2c(F)c(F)c(F)c(F)c2F)c(F)c1F. The van der Waals surface area contributed by atoms with E-state index in [-0.39, 0.29) is 11.5 Å². The van der Waals surface area contributed by atoms with Gasteiger partial charge in [-0.25, -0.2) is 87.8 Å². The molecule has 3 nitrogen and oxygen atoms in total. The first-order valence-electron chi connectivity index (χ1n) is 17.5. The largest absolute Gasteiger partial charge is 0.212 e. The van der Waals surface area contributed by atoms with Crippen LogP contribution in [-0.4, -0.2) is 6.15 Å². The molecular formula is C41H16BF20N3. The number of nitrogens with zero attached hydrogens (tertiary/aromatic N) is 3. The molecule has 24 heteroatoms. The number of halogens is 20. The van der Waals surface area contributed by atoms with Gasteiger partial charge in [-0.3, -0.25) is 0 Å². The first-order valence-corrected chi connectivity index (χ1v) is 17.5. The van der Waals surface area contributed by atoms with Crippen LogP contribution in [0.2, 0.25) is 0 Å². The number of rotatable bonds is 7. The number of benzene rings is 5. The molecule has 0 saturated carbocycles. The van der Waals surface area contributed by atoms with Crippen LogP contribution < -0.4 is 26.4 Å². The zero-order chi connectivity index (χ0) is 48.9. The molecule has 0 saturated heterocycles. The smallest absolute Gasteiger partial charge is 0.207 e. The van der Waals surface area contributed by atoms with E-state index < -0.39 is 144 Å². The minimum Gasteiger partial charge on any atom is -0.207 e. The zero-order valence-electron chi connectivity index (χ0n) is 31.8. The van der Waals surface area contributed by atoms with Gasteiger partial charge in [-0.2, -0.15) is 15.1 Å². The van der Waals surface area contributed by atoms with Gasteiger partial charge in [0.2, 0.25) is 5.52 Å². The number of allylic oxidation sites excluding steroid dienone is 2. The second-order valence-electron chi connectivity index (χ2n) is 13.8. The fourth-order valence-electron chi connectivity index (χ4n) is 7.14. The molecule has 0 unspecified atom stereocenters. The van der Waals surface area contributed by atoms with Crippen LogP contribution in [0.1, 0.15) is 13.8 Å². The average Bonchev–Trinajstić information content (AvgIpc) is 3.29. The van der Waals surface area contributed by atoms with Crippen molar-refractivity contribution >= 4 is 38.9 Å². The van der Waals surface area contributed by atoms with Crippen molar-refractivity contribution in [3.8, 4) is 12.1 Å². The molecule has 0 spiro atoms. The molecule has 0 radical (unpaired) electrons. The molecule has 65 heavy (non-hydrogen) atoms. The summed E-state index contributed by atoms with van der Waals surface area (Å²) < 4.78 is 296. The van der Waals surface area contributed by atoms with Crippen molar-refractivity contribution < 1.29 is 92.4 Å². The Bertz CT molecular complexity index is 2680. The fraction of sp³-hybridized carbons (Fsp3) is 0.0976. The maximum Gasteiger partial charge on any atom is 0.212 e. The van der Waals surface area contributed by atoms with Crippen molar-refractivity contribution in [3.05, 3.63) is 170 Å². The standard InChI is InChI=1S/C24BF20.C17H16N3/c26-5-1(6(27)14(35)21(42)13(5)34)25(2-7(28)15(36)22(43)16(37)8(2)29,3-9(30)17(38)23(44)18(39)10(3)31)4-11(32)19(40)24(45)20(41)12(4)33;1-13(2)16(15(10-18)11-19)12-20-9-5-7-14-6-3-4-8-17(14)20/h;3-9,13H,12H2,1-2H3/q-1;+1. The summed E-state index contributed by atoms with van der Waals surface area (Å²) in [6.45, 7) is 4.58. The van der Waals surface area contributed by atoms with E-state index in [4.69, 9.17) is 10.5 Å². The number of nitriles is 2. The van der Waals surface area contributed by atoms with Crippen molar-refractivity contribution in [1.29, 1.82) is 10.5 Å². The van der Waals surface area contributed by atoms with Crippen LogP contribution >= 0.6 is 0 Å². The van der Waals surface area contributed by atoms with E-state index in [0.29, 0.717) is 6.54 Å². The molecule has 0 aliphatic carbocycles. The molecule has 6 aromatic rings. The number of hydrogen-bond donors (Lipinski definition) is 0. The summed E-state index contributed by atoms with van der Waals surface area (Å²) in [6.07, 6.45) is -5.23. The first kappa shape index (κ1) is 48.9. The summed E-state index contributed by atoms with van der Waals surface area (Å²) in [5.74, 6) is -71.2. The minimum atomic E-state index is -7.22. The lowest BCUT2D eigenvalue weighted by atomic mass is 9.12. The first-order chi connectivity index (χ1) is 30.4. The Morgan fingerprint density at radius 3 is 0.969 bits per heavy atom. The van der Waals surface area contributed by atoms with Gasteiger partial charge < -0.3 is 0 Å². The molecule has 1 aromatic heterocycles. The Hall–Kier alpha value is -7.11. The molecule has 5 aromatic carbocycles. The van der Waals surface area contributed by atoms with Crippen molar-refractivity contribution in [2.24, 2.45) is 5.92 Å². The highest BCUT2D eigenvalue weighted by Gasteiger charge is 2.52. The van der Waals surface area contributed by atoms with Gasteiger partial charge >= 0.3 is 0 Å². The second kappa shape index (κ2) is 18.2. The van der Waals surface area contributed by atoms with Crippen molar-refractivity contribution in [1.82, 2.24) is 0 Å². The molecule has 338 valence electrons. The highest BCUT2D eigenvalue weighted by atomic mass is 19.2. The number of para-hydroxylation sites is 1. The molecule has 6 rings (SSSR count). The van der Waals surface area contributed by atoms with Crippen LogP contribution in [0.3, 0.4) is 0 Å². The summed E-state index contributed by atoms with van der Waals surface area (Å²) in [5, 5.41) is 19.3. The van der Waals surface area contributed by atoms with Gasteiger partial charge in [0, 0.05) is 23.1 Å². The zero-order valence-corrected chi connectivity index (χ0v) is 31.8. The number of pyridine rings is 1. The maximum absolute atomic E-state index is 15.4. The Morgan fingerprint density at radius 1 is 0.431 bits per heavy atom. The highest BCUT2D eigenvalue weighted by Crippen LogP contribution is 2.31. The van der Waals surface area contributed by atoms with Crippen molar-refractivity contribution in [2.45, 2.75) is 20.4 Å². The maximum atomic E-state index is 15.4. The van der Waals surface area contributed by atoms with E-state index in [1.54, 1.807) is 0 Å². The quantitative estimate of drug-likeness (QED) is 0.0401. The third-order valence-electron chi connectivity index (χ3n) is 10.1. The lowest BCUT2D eigenvalue weighted by Crippen LogP contribution is -2.81. The molecule has 1 heterocycles. The predicted octanol–water partition coefficient (Wildman–Crippen LogP) is 8.97. The molecule has 0 atom stereocenters. The van der Waals surface area contributed by atoms with Gasteiger partial charge in [-0.15, -0.1) is 21.9 Å². The summed E-state index contributed by atoms with van der Waals surface area (Å²) in [4.78, 5) is 0. The number of aromatic nitrogens is 1. The predicted molar refractivity (Wildman–Crippen MR) is 186 cm³/mol. The van der Waals surface area contributed by atoms with E-state index >= 15 is 35.1 Å². The topological polar surface area (TPSA) is 51.5 Å². The molecule has 0 aliphatic heterocycles. The van der Waals surface area contributed by atoms with Crippen molar-refractivity contribution in [3.63, 3.8) is 0 Å². The third-order valence-corrected chi connectivity index (χ3v) is 10.1. The van der Waals surface area contributed by atoms with Gasteiger partial charge in [0.15, 0.2) is 82.5 Å². The van der Waals surface area contributed by atoms with Crippen LogP contribution in [0.25, 0.3) is 10.9 Å².